The second-order valence-electron chi connectivity index (χ2n) is 3.71. The summed E-state index contributed by atoms with van der Waals surface area (Å²) in [4.78, 5) is 0. The van der Waals surface area contributed by atoms with Gasteiger partial charge in [-0.05, 0) is 31.6 Å². The minimum atomic E-state index is 0.895. The molecular formula is C11H20. The molecule has 0 aromatic carbocycles. The van der Waals surface area contributed by atoms with Crippen LogP contribution >= 0.6 is 0 Å². The van der Waals surface area contributed by atoms with E-state index in [-0.39, 0.29) is 0 Å². The second-order valence-corrected chi connectivity index (χ2v) is 3.71. The van der Waals surface area contributed by atoms with Gasteiger partial charge in [0.2, 0.25) is 0 Å². The van der Waals surface area contributed by atoms with Crippen molar-refractivity contribution in [2.75, 3.05) is 0 Å². The maximum Gasteiger partial charge on any atom is -0.0232 e. The molecule has 1 saturated carbocycles. The molecular weight excluding hydrogens is 132 g/mol. The quantitative estimate of drug-likeness (QED) is 0.424. The molecule has 0 saturated heterocycles. The Morgan fingerprint density at radius 3 is 2.91 bits per heavy atom. The van der Waals surface area contributed by atoms with Crippen LogP contribution in [-0.4, -0.2) is 0 Å². The maximum absolute atomic E-state index is 2.49. The molecule has 1 aliphatic carbocycles. The molecule has 0 bridgehead atoms. The van der Waals surface area contributed by atoms with Crippen LogP contribution in [0.3, 0.4) is 0 Å². The normalized spacial score (nSPS) is 28.2. The van der Waals surface area contributed by atoms with E-state index in [1.54, 1.807) is 5.57 Å². The third-order valence-corrected chi connectivity index (χ3v) is 2.70. The van der Waals surface area contributed by atoms with Crippen molar-refractivity contribution in [3.8, 4) is 0 Å². The second kappa shape index (κ2) is 4.58. The number of hydrogen-bond donors (Lipinski definition) is 0. The third-order valence-electron chi connectivity index (χ3n) is 2.70. The van der Waals surface area contributed by atoms with E-state index >= 15 is 0 Å². The first-order valence-corrected chi connectivity index (χ1v) is 5.03. The first kappa shape index (κ1) is 8.83. The first-order valence-electron chi connectivity index (χ1n) is 5.03. The smallest absolute Gasteiger partial charge is 0.0232 e. The van der Waals surface area contributed by atoms with E-state index < -0.39 is 0 Å². The molecule has 1 aliphatic rings. The highest BCUT2D eigenvalue weighted by molar-refractivity contribution is 5.09. The Balaban J connectivity index is 2.27. The molecule has 0 spiro atoms. The Hall–Kier alpha value is -0.260. The SMILES string of the molecule is CCCC/C=C1/CCC[C@@H]1C. The summed E-state index contributed by atoms with van der Waals surface area (Å²) in [5, 5.41) is 0. The number of allylic oxidation sites excluding steroid dienone is 2. The summed E-state index contributed by atoms with van der Waals surface area (Å²) in [5.41, 5.74) is 1.73. The fourth-order valence-corrected chi connectivity index (χ4v) is 1.84. The molecule has 0 heterocycles. The maximum atomic E-state index is 2.49. The zero-order valence-corrected chi connectivity index (χ0v) is 7.90. The van der Waals surface area contributed by atoms with Crippen molar-refractivity contribution in [2.24, 2.45) is 5.92 Å². The minimum absolute atomic E-state index is 0.895. The lowest BCUT2D eigenvalue weighted by molar-refractivity contribution is 0.690. The molecule has 0 aromatic heterocycles. The summed E-state index contributed by atoms with van der Waals surface area (Å²) < 4.78 is 0. The van der Waals surface area contributed by atoms with Gasteiger partial charge in [-0.2, -0.15) is 0 Å². The van der Waals surface area contributed by atoms with Crippen molar-refractivity contribution >= 4 is 0 Å². The highest BCUT2D eigenvalue weighted by Gasteiger charge is 2.14. The van der Waals surface area contributed by atoms with E-state index in [0.717, 1.165) is 5.92 Å². The zero-order valence-electron chi connectivity index (χ0n) is 7.90. The summed E-state index contributed by atoms with van der Waals surface area (Å²) in [7, 11) is 0. The molecule has 0 aromatic rings. The van der Waals surface area contributed by atoms with Crippen LogP contribution in [0.5, 0.6) is 0 Å². The molecule has 1 atom stereocenters. The van der Waals surface area contributed by atoms with Crippen LogP contribution in [0.4, 0.5) is 0 Å². The van der Waals surface area contributed by atoms with Crippen LogP contribution in [0.1, 0.15) is 52.4 Å². The summed E-state index contributed by atoms with van der Waals surface area (Å²) in [5.74, 6) is 0.895. The van der Waals surface area contributed by atoms with Crippen molar-refractivity contribution < 1.29 is 0 Å². The highest BCUT2D eigenvalue weighted by Crippen LogP contribution is 2.30. The molecule has 11 heavy (non-hydrogen) atoms. The third kappa shape index (κ3) is 2.69. The lowest BCUT2D eigenvalue weighted by atomic mass is 10.0. The molecule has 0 amide bonds. The van der Waals surface area contributed by atoms with Gasteiger partial charge in [0.25, 0.3) is 0 Å². The van der Waals surface area contributed by atoms with Crippen LogP contribution in [0.2, 0.25) is 0 Å². The monoisotopic (exact) mass is 152 g/mol. The Labute approximate surface area is 70.7 Å². The van der Waals surface area contributed by atoms with Gasteiger partial charge in [0.1, 0.15) is 0 Å². The number of rotatable bonds is 3. The van der Waals surface area contributed by atoms with Gasteiger partial charge in [-0.15, -0.1) is 0 Å². The topological polar surface area (TPSA) is 0 Å². The zero-order chi connectivity index (χ0) is 8.10. The van der Waals surface area contributed by atoms with E-state index in [0.29, 0.717) is 0 Å². The van der Waals surface area contributed by atoms with Crippen molar-refractivity contribution in [3.63, 3.8) is 0 Å². The fourth-order valence-electron chi connectivity index (χ4n) is 1.84. The minimum Gasteiger partial charge on any atom is -0.0851 e. The Morgan fingerprint density at radius 1 is 1.55 bits per heavy atom. The molecule has 0 aliphatic heterocycles. The van der Waals surface area contributed by atoms with Crippen LogP contribution in [-0.2, 0) is 0 Å². The van der Waals surface area contributed by atoms with E-state index in [4.69, 9.17) is 0 Å². The molecule has 0 radical (unpaired) electrons. The Kier molecular flexibility index (Phi) is 3.68. The molecule has 1 rings (SSSR count). The van der Waals surface area contributed by atoms with Gasteiger partial charge in [-0.25, -0.2) is 0 Å². The average molecular weight is 152 g/mol. The average Bonchev–Trinajstić information content (AvgIpc) is 2.37. The highest BCUT2D eigenvalue weighted by atomic mass is 14.2. The number of unbranched alkanes of at least 4 members (excludes halogenated alkanes) is 2. The van der Waals surface area contributed by atoms with Gasteiger partial charge in [0.05, 0.1) is 0 Å². The van der Waals surface area contributed by atoms with Crippen molar-refractivity contribution in [1.29, 1.82) is 0 Å². The largest absolute Gasteiger partial charge is 0.0851 e. The van der Waals surface area contributed by atoms with Crippen LogP contribution in [0.25, 0.3) is 0 Å². The fraction of sp³-hybridized carbons (Fsp3) is 0.818. The van der Waals surface area contributed by atoms with Gasteiger partial charge in [-0.3, -0.25) is 0 Å². The predicted molar refractivity (Wildman–Crippen MR) is 50.6 cm³/mol. The molecule has 1 fully saturated rings. The Bertz CT molecular complexity index is 133. The van der Waals surface area contributed by atoms with Gasteiger partial charge in [0.15, 0.2) is 0 Å². The van der Waals surface area contributed by atoms with E-state index in [1.165, 1.54) is 38.5 Å². The summed E-state index contributed by atoms with van der Waals surface area (Å²) in [6.45, 7) is 4.63. The van der Waals surface area contributed by atoms with Crippen LogP contribution in [0, 0.1) is 5.92 Å². The Morgan fingerprint density at radius 2 is 2.36 bits per heavy atom. The molecule has 0 N–H and O–H groups in total. The summed E-state index contributed by atoms with van der Waals surface area (Å²) in [6.07, 6.45) is 10.7. The molecule has 0 heteroatoms. The van der Waals surface area contributed by atoms with Crippen LogP contribution in [0.15, 0.2) is 11.6 Å². The summed E-state index contributed by atoms with van der Waals surface area (Å²) >= 11 is 0. The van der Waals surface area contributed by atoms with Gasteiger partial charge >= 0.3 is 0 Å². The van der Waals surface area contributed by atoms with Gasteiger partial charge < -0.3 is 0 Å². The van der Waals surface area contributed by atoms with Gasteiger partial charge in [-0.1, -0.05) is 38.3 Å². The standard InChI is InChI=1S/C11H20/c1-3-4-5-8-11-9-6-7-10(11)2/h8,10H,3-7,9H2,1-2H3/b11-8-/t10-/m0/s1. The molecule has 0 unspecified atom stereocenters. The summed E-state index contributed by atoms with van der Waals surface area (Å²) in [6, 6.07) is 0. The van der Waals surface area contributed by atoms with Gasteiger partial charge in [0, 0.05) is 0 Å². The van der Waals surface area contributed by atoms with E-state index in [1.807, 2.05) is 0 Å². The predicted octanol–water partition coefficient (Wildman–Crippen LogP) is 3.92. The van der Waals surface area contributed by atoms with Crippen molar-refractivity contribution in [1.82, 2.24) is 0 Å². The van der Waals surface area contributed by atoms with E-state index in [2.05, 4.69) is 19.9 Å². The van der Waals surface area contributed by atoms with Crippen molar-refractivity contribution in [3.05, 3.63) is 11.6 Å². The molecule has 64 valence electrons. The number of hydrogen-bond acceptors (Lipinski definition) is 0. The first-order chi connectivity index (χ1) is 5.34. The lowest BCUT2D eigenvalue weighted by Gasteiger charge is -2.03. The lowest BCUT2D eigenvalue weighted by Crippen LogP contribution is -1.87. The van der Waals surface area contributed by atoms with Crippen LogP contribution < -0.4 is 0 Å². The molecule has 0 nitrogen and oxygen atoms in total. The van der Waals surface area contributed by atoms with Crippen molar-refractivity contribution in [2.45, 2.75) is 52.4 Å². The van der Waals surface area contributed by atoms with E-state index in [9.17, 15) is 0 Å².